The van der Waals surface area contributed by atoms with Crippen LogP contribution in [0, 0.1) is 0 Å². The zero-order valence-corrected chi connectivity index (χ0v) is 23.6. The van der Waals surface area contributed by atoms with Crippen LogP contribution in [-0.2, 0) is 19.3 Å². The summed E-state index contributed by atoms with van der Waals surface area (Å²) in [6.45, 7) is 6.71. The quantitative estimate of drug-likeness (QED) is 0.212. The second kappa shape index (κ2) is 12.6. The van der Waals surface area contributed by atoms with Crippen LogP contribution in [0.25, 0.3) is 28.2 Å². The Morgan fingerprint density at radius 3 is 2.27 bits per heavy atom. The fourth-order valence-electron chi connectivity index (χ4n) is 5.03. The van der Waals surface area contributed by atoms with E-state index >= 15 is 0 Å². The van der Waals surface area contributed by atoms with Gasteiger partial charge in [-0.3, -0.25) is 18.9 Å². The molecule has 3 aromatic carbocycles. The predicted molar refractivity (Wildman–Crippen MR) is 160 cm³/mol. The van der Waals surface area contributed by atoms with Crippen molar-refractivity contribution in [2.24, 2.45) is 0 Å². The molecule has 0 atom stereocenters. The lowest BCUT2D eigenvalue weighted by atomic mass is 9.96. The molecule has 0 radical (unpaired) electrons. The number of hydrogen-bond acceptors (Lipinski definition) is 6. The first kappa shape index (κ1) is 27.8. The summed E-state index contributed by atoms with van der Waals surface area (Å²) in [5, 5.41) is 3.86. The minimum atomic E-state index is -0.595. The molecule has 2 aromatic heterocycles. The summed E-state index contributed by atoms with van der Waals surface area (Å²) in [4.78, 5) is 33.3. The van der Waals surface area contributed by atoms with E-state index in [1.165, 1.54) is 0 Å². The molecule has 0 aliphatic heterocycles. The number of hydrogen-bond donors (Lipinski definition) is 1. The number of nitrogens with one attached hydrogen (secondary N) is 1. The Labute approximate surface area is 238 Å². The van der Waals surface area contributed by atoms with Gasteiger partial charge in [-0.2, -0.15) is 0 Å². The lowest BCUT2D eigenvalue weighted by molar-refractivity contribution is 0.340. The molecule has 8 nitrogen and oxygen atoms in total. The van der Waals surface area contributed by atoms with Gasteiger partial charge >= 0.3 is 5.76 Å². The van der Waals surface area contributed by atoms with Gasteiger partial charge in [0.1, 0.15) is 11.6 Å². The predicted octanol–water partition coefficient (Wildman–Crippen LogP) is 6.14. The number of aromatic amines is 1. The molecule has 0 saturated carbocycles. The molecule has 41 heavy (non-hydrogen) atoms. The van der Waals surface area contributed by atoms with Gasteiger partial charge < -0.3 is 4.74 Å². The second-order valence-electron chi connectivity index (χ2n) is 9.84. The topological polar surface area (TPSA) is 103 Å². The van der Waals surface area contributed by atoms with Crippen molar-refractivity contribution in [3.05, 3.63) is 116 Å². The average molecular weight is 551 g/mol. The highest BCUT2D eigenvalue weighted by atomic mass is 16.5. The highest BCUT2D eigenvalue weighted by Gasteiger charge is 2.18. The maximum Gasteiger partial charge on any atom is 0.439 e. The average Bonchev–Trinajstić information content (AvgIpc) is 3.44. The van der Waals surface area contributed by atoms with E-state index < -0.39 is 5.76 Å². The Morgan fingerprint density at radius 2 is 1.63 bits per heavy atom. The van der Waals surface area contributed by atoms with E-state index in [2.05, 4.69) is 17.1 Å². The summed E-state index contributed by atoms with van der Waals surface area (Å²) in [5.41, 5.74) is 6.01. The number of rotatable bonds is 11. The van der Waals surface area contributed by atoms with Crippen LogP contribution in [0.5, 0.6) is 5.75 Å². The van der Waals surface area contributed by atoms with Crippen LogP contribution < -0.4 is 16.1 Å². The summed E-state index contributed by atoms with van der Waals surface area (Å²) in [6, 6.07) is 23.4. The highest BCUT2D eigenvalue weighted by molar-refractivity contribution is 5.80. The molecule has 0 saturated heterocycles. The molecule has 0 aliphatic rings. The van der Waals surface area contributed by atoms with Crippen molar-refractivity contribution in [1.82, 2.24) is 19.7 Å². The van der Waals surface area contributed by atoms with E-state index in [1.54, 1.807) is 4.57 Å². The first-order chi connectivity index (χ1) is 20.0. The summed E-state index contributed by atoms with van der Waals surface area (Å²) in [7, 11) is 0. The molecule has 1 N–H and O–H groups in total. The van der Waals surface area contributed by atoms with Crippen molar-refractivity contribution in [3.63, 3.8) is 0 Å². The number of aryl methyl sites for hydroxylation is 2. The molecule has 0 unspecified atom stereocenters. The van der Waals surface area contributed by atoms with Gasteiger partial charge in [-0.15, -0.1) is 0 Å². The summed E-state index contributed by atoms with van der Waals surface area (Å²) in [5.74, 6) is 1.31. The minimum Gasteiger partial charge on any atom is -0.494 e. The summed E-state index contributed by atoms with van der Waals surface area (Å²) >= 11 is 0. The summed E-state index contributed by atoms with van der Waals surface area (Å²) < 4.78 is 12.1. The van der Waals surface area contributed by atoms with Gasteiger partial charge in [0.25, 0.3) is 5.56 Å². The molecule has 0 bridgehead atoms. The number of benzene rings is 3. The molecule has 5 rings (SSSR count). The Bertz CT molecular complexity index is 1730. The number of ether oxygens (including phenoxy) is 1. The number of unbranched alkanes of at least 4 members (excludes halogenated alkanes) is 1. The SMILES string of the molecule is CCCCc1nc(CC)n(-c2ccc(OCC)cc2)c(=O)c1Cc1ccc(-c2ccccc2-c2noc(=O)[nH]2)cc1. The molecule has 0 spiro atoms. The summed E-state index contributed by atoms with van der Waals surface area (Å²) in [6.07, 6.45) is 3.88. The van der Waals surface area contributed by atoms with Gasteiger partial charge in [-0.1, -0.05) is 74.0 Å². The van der Waals surface area contributed by atoms with Crippen LogP contribution in [-0.4, -0.2) is 26.3 Å². The zero-order valence-electron chi connectivity index (χ0n) is 23.6. The van der Waals surface area contributed by atoms with E-state index in [9.17, 15) is 9.59 Å². The van der Waals surface area contributed by atoms with Gasteiger partial charge in [0.2, 0.25) is 0 Å². The standard InChI is InChI=1S/C33H34N4O4/c1-4-7-12-29-28(32(38)37(30(5-2)34-29)24-17-19-25(20-18-24)40-6-3)21-22-13-15-23(16-14-22)26-10-8-9-11-27(26)31-35-33(39)41-36-31/h8-11,13-20H,4-7,12,21H2,1-3H3,(H,35,36,39). The largest absolute Gasteiger partial charge is 0.494 e. The Morgan fingerprint density at radius 1 is 0.902 bits per heavy atom. The van der Waals surface area contributed by atoms with Gasteiger partial charge in [-0.25, -0.2) is 9.78 Å². The van der Waals surface area contributed by atoms with Gasteiger partial charge in [-0.05, 0) is 60.7 Å². The molecular weight excluding hydrogens is 516 g/mol. The fraction of sp³-hybridized carbons (Fsp3) is 0.273. The molecule has 0 amide bonds. The first-order valence-corrected chi connectivity index (χ1v) is 14.1. The van der Waals surface area contributed by atoms with Crippen molar-refractivity contribution < 1.29 is 9.26 Å². The van der Waals surface area contributed by atoms with E-state index in [-0.39, 0.29) is 5.56 Å². The third kappa shape index (κ3) is 6.06. The zero-order chi connectivity index (χ0) is 28.8. The third-order valence-electron chi connectivity index (χ3n) is 7.09. The Balaban J connectivity index is 1.52. The van der Waals surface area contributed by atoms with Crippen LogP contribution >= 0.6 is 0 Å². The van der Waals surface area contributed by atoms with Crippen molar-refractivity contribution in [1.29, 1.82) is 0 Å². The van der Waals surface area contributed by atoms with E-state index in [0.29, 0.717) is 25.3 Å². The molecule has 210 valence electrons. The Kier molecular flexibility index (Phi) is 8.58. The number of nitrogens with zero attached hydrogens (tertiary/aromatic N) is 3. The van der Waals surface area contributed by atoms with Crippen molar-refractivity contribution in [3.8, 4) is 34.0 Å². The van der Waals surface area contributed by atoms with Crippen LogP contribution in [0.3, 0.4) is 0 Å². The van der Waals surface area contributed by atoms with E-state index in [1.807, 2.05) is 86.6 Å². The number of aromatic nitrogens is 4. The van der Waals surface area contributed by atoms with E-state index in [0.717, 1.165) is 70.0 Å². The van der Waals surface area contributed by atoms with Crippen molar-refractivity contribution >= 4 is 0 Å². The molecule has 0 aliphatic carbocycles. The third-order valence-corrected chi connectivity index (χ3v) is 7.09. The van der Waals surface area contributed by atoms with Gasteiger partial charge in [0.15, 0.2) is 5.82 Å². The fourth-order valence-corrected chi connectivity index (χ4v) is 5.03. The smallest absolute Gasteiger partial charge is 0.439 e. The van der Waals surface area contributed by atoms with Gasteiger partial charge in [0, 0.05) is 24.0 Å². The van der Waals surface area contributed by atoms with E-state index in [4.69, 9.17) is 14.2 Å². The Hall–Kier alpha value is -4.72. The molecular formula is C33H34N4O4. The lowest BCUT2D eigenvalue weighted by Gasteiger charge is -2.17. The van der Waals surface area contributed by atoms with Crippen LogP contribution in [0.15, 0.2) is 86.9 Å². The second-order valence-corrected chi connectivity index (χ2v) is 9.84. The van der Waals surface area contributed by atoms with Crippen LogP contribution in [0.2, 0.25) is 0 Å². The van der Waals surface area contributed by atoms with Crippen LogP contribution in [0.4, 0.5) is 0 Å². The van der Waals surface area contributed by atoms with Gasteiger partial charge in [0.05, 0.1) is 18.0 Å². The maximum atomic E-state index is 14.1. The first-order valence-electron chi connectivity index (χ1n) is 14.1. The van der Waals surface area contributed by atoms with Crippen molar-refractivity contribution in [2.75, 3.05) is 6.61 Å². The maximum absolute atomic E-state index is 14.1. The van der Waals surface area contributed by atoms with Crippen molar-refractivity contribution in [2.45, 2.75) is 52.9 Å². The molecule has 8 heteroatoms. The lowest BCUT2D eigenvalue weighted by Crippen LogP contribution is -2.29. The molecule has 0 fully saturated rings. The number of H-pyrrole nitrogens is 1. The highest BCUT2D eigenvalue weighted by Crippen LogP contribution is 2.30. The molecule has 5 aromatic rings. The normalized spacial score (nSPS) is 11.1. The molecule has 2 heterocycles. The minimum absolute atomic E-state index is 0.0310. The van der Waals surface area contributed by atoms with Crippen LogP contribution in [0.1, 0.15) is 56.3 Å². The monoisotopic (exact) mass is 550 g/mol.